The van der Waals surface area contributed by atoms with Gasteiger partial charge in [0.25, 0.3) is 5.91 Å². The van der Waals surface area contributed by atoms with Crippen LogP contribution in [-0.4, -0.2) is 68.8 Å². The second kappa shape index (κ2) is 11.3. The first-order valence-corrected chi connectivity index (χ1v) is 10.2. The number of benzene rings is 1. The van der Waals surface area contributed by atoms with Gasteiger partial charge in [-0.1, -0.05) is 42.5 Å². The second-order valence-corrected chi connectivity index (χ2v) is 7.11. The summed E-state index contributed by atoms with van der Waals surface area (Å²) in [4.78, 5) is 21.3. The lowest BCUT2D eigenvalue weighted by molar-refractivity contribution is 0.0948. The third-order valence-corrected chi connectivity index (χ3v) is 4.99. The predicted octanol–water partition coefficient (Wildman–Crippen LogP) is 2.68. The molecule has 1 amide bonds. The van der Waals surface area contributed by atoms with E-state index in [1.54, 1.807) is 13.3 Å². The van der Waals surface area contributed by atoms with Gasteiger partial charge in [-0.25, -0.2) is 4.98 Å². The van der Waals surface area contributed by atoms with Crippen LogP contribution in [0.1, 0.15) is 22.3 Å². The normalized spacial score (nSPS) is 15.0. The largest absolute Gasteiger partial charge is 0.385 e. The standard InChI is InChI=1S/C23H30N4O2/c1-29-18-6-12-24-23(28)21-10-11-22(25-19-21)27-16-14-26(15-17-27)13-5-9-20-7-3-2-4-8-20/h2-5,7-11,19H,6,12-18H2,1H3,(H,24,28)/b9-5+. The van der Waals surface area contributed by atoms with E-state index in [1.807, 2.05) is 18.2 Å². The van der Waals surface area contributed by atoms with E-state index in [2.05, 4.69) is 56.5 Å². The van der Waals surface area contributed by atoms with E-state index in [4.69, 9.17) is 4.74 Å². The molecule has 1 N–H and O–H groups in total. The number of methoxy groups -OCH3 is 1. The minimum atomic E-state index is -0.0878. The number of carbonyl (C=O) groups is 1. The van der Waals surface area contributed by atoms with Gasteiger partial charge < -0.3 is 15.0 Å². The molecular formula is C23H30N4O2. The third-order valence-electron chi connectivity index (χ3n) is 4.99. The zero-order valence-corrected chi connectivity index (χ0v) is 17.1. The molecule has 6 nitrogen and oxygen atoms in total. The summed E-state index contributed by atoms with van der Waals surface area (Å²) in [6, 6.07) is 14.2. The first-order valence-electron chi connectivity index (χ1n) is 10.2. The molecule has 3 rings (SSSR count). The average molecular weight is 395 g/mol. The predicted molar refractivity (Wildman–Crippen MR) is 117 cm³/mol. The summed E-state index contributed by atoms with van der Waals surface area (Å²) in [6.45, 7) is 6.09. The number of hydrogen-bond donors (Lipinski definition) is 1. The van der Waals surface area contributed by atoms with E-state index in [-0.39, 0.29) is 5.91 Å². The maximum Gasteiger partial charge on any atom is 0.252 e. The average Bonchev–Trinajstić information content (AvgIpc) is 2.78. The van der Waals surface area contributed by atoms with Crippen LogP contribution in [-0.2, 0) is 4.74 Å². The van der Waals surface area contributed by atoms with Gasteiger partial charge in [0.05, 0.1) is 5.56 Å². The lowest BCUT2D eigenvalue weighted by Gasteiger charge is -2.34. The Morgan fingerprint density at radius 1 is 1.14 bits per heavy atom. The Kier molecular flexibility index (Phi) is 8.22. The highest BCUT2D eigenvalue weighted by Gasteiger charge is 2.17. The molecule has 154 valence electrons. The quantitative estimate of drug-likeness (QED) is 0.663. The van der Waals surface area contributed by atoms with Crippen molar-refractivity contribution in [2.45, 2.75) is 6.42 Å². The van der Waals surface area contributed by atoms with Crippen LogP contribution in [0.4, 0.5) is 5.82 Å². The van der Waals surface area contributed by atoms with Crippen molar-refractivity contribution in [1.29, 1.82) is 0 Å². The van der Waals surface area contributed by atoms with E-state index < -0.39 is 0 Å². The maximum atomic E-state index is 12.1. The van der Waals surface area contributed by atoms with Crippen LogP contribution >= 0.6 is 0 Å². The maximum absolute atomic E-state index is 12.1. The number of aromatic nitrogens is 1. The lowest BCUT2D eigenvalue weighted by Crippen LogP contribution is -2.46. The molecule has 6 heteroatoms. The van der Waals surface area contributed by atoms with Gasteiger partial charge in [-0.3, -0.25) is 9.69 Å². The number of carbonyl (C=O) groups excluding carboxylic acids is 1. The molecule has 1 aromatic carbocycles. The molecule has 1 aliphatic heterocycles. The summed E-state index contributed by atoms with van der Waals surface area (Å²) in [6.07, 6.45) is 6.87. The number of ether oxygens (including phenoxy) is 1. The first kappa shape index (κ1) is 21.0. The molecule has 0 unspecified atom stereocenters. The summed E-state index contributed by atoms with van der Waals surface area (Å²) in [5.41, 5.74) is 1.83. The van der Waals surface area contributed by atoms with Gasteiger partial charge in [-0.15, -0.1) is 0 Å². The molecule has 0 spiro atoms. The number of pyridine rings is 1. The number of piperazine rings is 1. The molecule has 2 heterocycles. The van der Waals surface area contributed by atoms with Crippen molar-refractivity contribution in [1.82, 2.24) is 15.2 Å². The Morgan fingerprint density at radius 3 is 2.62 bits per heavy atom. The minimum absolute atomic E-state index is 0.0878. The highest BCUT2D eigenvalue weighted by atomic mass is 16.5. The Bertz CT molecular complexity index is 769. The summed E-state index contributed by atoms with van der Waals surface area (Å²) in [7, 11) is 1.66. The van der Waals surface area contributed by atoms with Gasteiger partial charge in [0.1, 0.15) is 5.82 Å². The fourth-order valence-electron chi connectivity index (χ4n) is 3.29. The Hall–Kier alpha value is -2.70. The summed E-state index contributed by atoms with van der Waals surface area (Å²) >= 11 is 0. The molecule has 0 aliphatic carbocycles. The van der Waals surface area contributed by atoms with Gasteiger partial charge in [0.15, 0.2) is 0 Å². The number of rotatable bonds is 9. The molecule has 1 saturated heterocycles. The molecule has 0 bridgehead atoms. The van der Waals surface area contributed by atoms with Gasteiger partial charge in [0, 0.05) is 59.2 Å². The minimum Gasteiger partial charge on any atom is -0.385 e. The number of hydrogen-bond acceptors (Lipinski definition) is 5. The molecule has 1 fully saturated rings. The number of anilines is 1. The van der Waals surface area contributed by atoms with Crippen LogP contribution in [0.25, 0.3) is 6.08 Å². The van der Waals surface area contributed by atoms with E-state index in [1.165, 1.54) is 5.56 Å². The van der Waals surface area contributed by atoms with Crippen LogP contribution in [0.3, 0.4) is 0 Å². The number of amides is 1. The van der Waals surface area contributed by atoms with E-state index in [9.17, 15) is 4.79 Å². The highest BCUT2D eigenvalue weighted by Crippen LogP contribution is 2.14. The van der Waals surface area contributed by atoms with Crippen molar-refractivity contribution >= 4 is 17.8 Å². The fraction of sp³-hybridized carbons (Fsp3) is 0.391. The van der Waals surface area contributed by atoms with Crippen molar-refractivity contribution in [3.63, 3.8) is 0 Å². The highest BCUT2D eigenvalue weighted by molar-refractivity contribution is 5.94. The SMILES string of the molecule is COCCCNC(=O)c1ccc(N2CCN(C/C=C/c3ccccc3)CC2)nc1. The van der Waals surface area contributed by atoms with Crippen molar-refractivity contribution in [3.05, 3.63) is 65.9 Å². The van der Waals surface area contributed by atoms with Gasteiger partial charge in [0.2, 0.25) is 0 Å². The van der Waals surface area contributed by atoms with Crippen LogP contribution in [0.15, 0.2) is 54.7 Å². The lowest BCUT2D eigenvalue weighted by atomic mass is 10.2. The zero-order chi connectivity index (χ0) is 20.3. The molecule has 2 aromatic rings. The number of nitrogens with zero attached hydrogens (tertiary/aromatic N) is 3. The fourth-order valence-corrected chi connectivity index (χ4v) is 3.29. The van der Waals surface area contributed by atoms with Crippen LogP contribution in [0.2, 0.25) is 0 Å². The Balaban J connectivity index is 1.42. The van der Waals surface area contributed by atoms with Crippen molar-refractivity contribution in [2.24, 2.45) is 0 Å². The molecule has 1 aliphatic rings. The summed E-state index contributed by atoms with van der Waals surface area (Å²) in [5, 5.41) is 2.88. The molecular weight excluding hydrogens is 364 g/mol. The van der Waals surface area contributed by atoms with Crippen molar-refractivity contribution in [3.8, 4) is 0 Å². The Morgan fingerprint density at radius 2 is 1.93 bits per heavy atom. The molecule has 0 atom stereocenters. The summed E-state index contributed by atoms with van der Waals surface area (Å²) in [5.74, 6) is 0.843. The van der Waals surface area contributed by atoms with E-state index in [0.717, 1.165) is 45.0 Å². The summed E-state index contributed by atoms with van der Waals surface area (Å²) < 4.78 is 4.99. The third kappa shape index (κ3) is 6.69. The molecule has 1 aromatic heterocycles. The second-order valence-electron chi connectivity index (χ2n) is 7.11. The molecule has 0 radical (unpaired) electrons. The van der Waals surface area contributed by atoms with Crippen LogP contribution < -0.4 is 10.2 Å². The van der Waals surface area contributed by atoms with Gasteiger partial charge in [-0.2, -0.15) is 0 Å². The van der Waals surface area contributed by atoms with Gasteiger partial charge in [-0.05, 0) is 24.1 Å². The van der Waals surface area contributed by atoms with Crippen molar-refractivity contribution < 1.29 is 9.53 Å². The smallest absolute Gasteiger partial charge is 0.252 e. The van der Waals surface area contributed by atoms with Gasteiger partial charge >= 0.3 is 0 Å². The van der Waals surface area contributed by atoms with E-state index in [0.29, 0.717) is 18.7 Å². The zero-order valence-electron chi connectivity index (χ0n) is 17.1. The first-order chi connectivity index (χ1) is 14.3. The molecule has 29 heavy (non-hydrogen) atoms. The molecule has 0 saturated carbocycles. The Labute approximate surface area is 173 Å². The van der Waals surface area contributed by atoms with Crippen LogP contribution in [0, 0.1) is 0 Å². The van der Waals surface area contributed by atoms with Crippen molar-refractivity contribution in [2.75, 3.05) is 57.9 Å². The topological polar surface area (TPSA) is 57.7 Å². The monoisotopic (exact) mass is 394 g/mol. The van der Waals surface area contributed by atoms with Crippen LogP contribution in [0.5, 0.6) is 0 Å². The van der Waals surface area contributed by atoms with E-state index >= 15 is 0 Å². The number of nitrogens with one attached hydrogen (secondary N) is 1.